The predicted octanol–water partition coefficient (Wildman–Crippen LogP) is 6.04. The number of aromatic nitrogens is 1. The minimum atomic E-state index is -1.10. The van der Waals surface area contributed by atoms with Gasteiger partial charge in [-0.1, -0.05) is 53.3 Å². The van der Waals surface area contributed by atoms with Gasteiger partial charge in [0, 0.05) is 5.56 Å². The molecule has 38 heavy (non-hydrogen) atoms. The second kappa shape index (κ2) is 11.0. The van der Waals surface area contributed by atoms with Crippen LogP contribution in [0.2, 0.25) is 10.0 Å². The summed E-state index contributed by atoms with van der Waals surface area (Å²) in [5, 5.41) is 11.9. The van der Waals surface area contributed by atoms with Crippen molar-refractivity contribution in [2.75, 3.05) is 18.6 Å². The fourth-order valence-electron chi connectivity index (χ4n) is 4.08. The Balaban J connectivity index is 1.91. The van der Waals surface area contributed by atoms with Crippen LogP contribution in [-0.4, -0.2) is 41.5 Å². The highest BCUT2D eigenvalue weighted by molar-refractivity contribution is 7.17. The second-order valence-electron chi connectivity index (χ2n) is 8.33. The number of thiazole rings is 1. The van der Waals surface area contributed by atoms with Gasteiger partial charge < -0.3 is 14.6 Å². The fraction of sp³-hybridized carbons (Fsp3) is 0.185. The van der Waals surface area contributed by atoms with Gasteiger partial charge in [0.2, 0.25) is 0 Å². The monoisotopic (exact) mass is 572 g/mol. The van der Waals surface area contributed by atoms with Crippen molar-refractivity contribution in [1.82, 2.24) is 4.98 Å². The third-order valence-corrected chi connectivity index (χ3v) is 7.76. The molecular weight excluding hydrogens is 551 g/mol. The highest BCUT2D eigenvalue weighted by Gasteiger charge is 2.48. The molecule has 4 rings (SSSR count). The molecule has 1 N–H and O–H groups in total. The summed E-state index contributed by atoms with van der Waals surface area (Å²) in [6.07, 6.45) is 1.43. The van der Waals surface area contributed by atoms with E-state index < -0.39 is 23.7 Å². The summed E-state index contributed by atoms with van der Waals surface area (Å²) in [5.41, 5.74) is 1.60. The number of nitrogens with zero attached hydrogens (tertiary/aromatic N) is 2. The molecule has 0 spiro atoms. The lowest BCUT2D eigenvalue weighted by atomic mass is 9.95. The number of ketones is 1. The van der Waals surface area contributed by atoms with Crippen molar-refractivity contribution in [3.63, 3.8) is 0 Å². The van der Waals surface area contributed by atoms with E-state index in [9.17, 15) is 19.5 Å². The Hall–Kier alpha value is -3.66. The van der Waals surface area contributed by atoms with Gasteiger partial charge >= 0.3 is 11.9 Å². The number of aliphatic hydroxyl groups is 1. The Kier molecular flexibility index (Phi) is 7.91. The molecule has 3 aromatic rings. The van der Waals surface area contributed by atoms with Crippen LogP contribution < -0.4 is 9.64 Å². The van der Waals surface area contributed by atoms with E-state index in [2.05, 4.69) is 11.6 Å². The van der Waals surface area contributed by atoms with Gasteiger partial charge in [0.1, 0.15) is 23.0 Å². The van der Waals surface area contributed by atoms with Crippen molar-refractivity contribution in [3.8, 4) is 5.75 Å². The minimum Gasteiger partial charge on any atom is -0.507 e. The molecular formula is C27H22Cl2N2O6S. The lowest BCUT2D eigenvalue weighted by Gasteiger charge is -2.23. The summed E-state index contributed by atoms with van der Waals surface area (Å²) in [6.45, 7) is 6.90. The van der Waals surface area contributed by atoms with E-state index in [0.717, 1.165) is 21.8 Å². The number of anilines is 1. The van der Waals surface area contributed by atoms with E-state index >= 15 is 0 Å². The van der Waals surface area contributed by atoms with Gasteiger partial charge in [0.05, 0.1) is 34.5 Å². The van der Waals surface area contributed by atoms with Gasteiger partial charge in [0.15, 0.2) is 5.13 Å². The number of ether oxygens (including phenoxy) is 2. The molecule has 0 saturated carbocycles. The molecule has 1 saturated heterocycles. The maximum absolute atomic E-state index is 13.4. The average molecular weight is 573 g/mol. The number of esters is 1. The molecule has 1 aliphatic rings. The summed E-state index contributed by atoms with van der Waals surface area (Å²) in [6, 6.07) is 8.43. The number of amides is 1. The van der Waals surface area contributed by atoms with Crippen LogP contribution >= 0.6 is 34.5 Å². The van der Waals surface area contributed by atoms with E-state index in [0.29, 0.717) is 22.6 Å². The Morgan fingerprint density at radius 1 is 1.18 bits per heavy atom. The van der Waals surface area contributed by atoms with E-state index in [1.807, 2.05) is 0 Å². The number of aryl methyl sites for hydroxylation is 2. The molecule has 196 valence electrons. The minimum absolute atomic E-state index is 0.000568. The first kappa shape index (κ1) is 27.4. The topological polar surface area (TPSA) is 106 Å². The number of hydrogen-bond acceptors (Lipinski definition) is 8. The molecule has 11 heteroatoms. The standard InChI is InChI=1S/C27H22Cl2N2O6S/c1-5-10-37-26(35)24-14(3)30-27(38-24)31-21(15-6-8-17(28)18(29)12-15)20(23(33)25(31)34)22(32)16-7-9-19(36-4)13(2)11-16/h5-9,11-12,21,32H,1,10H2,2-4H3/b22-20+/t21-/m1/s1. The second-order valence-corrected chi connectivity index (χ2v) is 10.1. The summed E-state index contributed by atoms with van der Waals surface area (Å²) in [5.74, 6) is -2.27. The first-order valence-corrected chi connectivity index (χ1v) is 12.8. The van der Waals surface area contributed by atoms with Crippen LogP contribution in [0.1, 0.15) is 38.1 Å². The number of aliphatic hydroxyl groups excluding tert-OH is 1. The first-order valence-electron chi connectivity index (χ1n) is 11.2. The van der Waals surface area contributed by atoms with Gasteiger partial charge in [-0.3, -0.25) is 14.5 Å². The van der Waals surface area contributed by atoms with Crippen molar-refractivity contribution in [1.29, 1.82) is 0 Å². The number of methoxy groups -OCH3 is 1. The zero-order valence-electron chi connectivity index (χ0n) is 20.6. The molecule has 0 aliphatic carbocycles. The molecule has 0 radical (unpaired) electrons. The van der Waals surface area contributed by atoms with Gasteiger partial charge in [-0.05, 0) is 55.3 Å². The zero-order chi connectivity index (χ0) is 27.7. The molecule has 2 aromatic carbocycles. The molecule has 8 nitrogen and oxygen atoms in total. The third kappa shape index (κ3) is 4.92. The van der Waals surface area contributed by atoms with Crippen LogP contribution in [0.25, 0.3) is 5.76 Å². The van der Waals surface area contributed by atoms with Crippen LogP contribution in [0, 0.1) is 13.8 Å². The summed E-state index contributed by atoms with van der Waals surface area (Å²) < 4.78 is 10.4. The van der Waals surface area contributed by atoms with E-state index in [1.165, 1.54) is 25.3 Å². The predicted molar refractivity (Wildman–Crippen MR) is 146 cm³/mol. The average Bonchev–Trinajstić information content (AvgIpc) is 3.40. The Labute approximate surface area is 232 Å². The summed E-state index contributed by atoms with van der Waals surface area (Å²) in [4.78, 5) is 45.0. The van der Waals surface area contributed by atoms with E-state index in [-0.39, 0.29) is 38.0 Å². The lowest BCUT2D eigenvalue weighted by Crippen LogP contribution is -2.29. The molecule has 1 aliphatic heterocycles. The summed E-state index contributed by atoms with van der Waals surface area (Å²) in [7, 11) is 1.52. The highest BCUT2D eigenvalue weighted by atomic mass is 35.5. The maximum atomic E-state index is 13.4. The van der Waals surface area contributed by atoms with Crippen molar-refractivity contribution < 1.29 is 29.0 Å². The van der Waals surface area contributed by atoms with Crippen LogP contribution in [0.5, 0.6) is 5.75 Å². The van der Waals surface area contributed by atoms with Crippen molar-refractivity contribution in [2.24, 2.45) is 0 Å². The zero-order valence-corrected chi connectivity index (χ0v) is 22.9. The summed E-state index contributed by atoms with van der Waals surface area (Å²) >= 11 is 13.3. The molecule has 0 unspecified atom stereocenters. The first-order chi connectivity index (χ1) is 18.1. The molecule has 1 amide bonds. The molecule has 1 atom stereocenters. The largest absolute Gasteiger partial charge is 0.507 e. The number of Topliss-reactive ketones (excluding diaryl/α,β-unsaturated/α-hetero) is 1. The molecule has 2 heterocycles. The van der Waals surface area contributed by atoms with Gasteiger partial charge in [-0.15, -0.1) is 0 Å². The van der Waals surface area contributed by atoms with Gasteiger partial charge in [0.25, 0.3) is 5.78 Å². The van der Waals surface area contributed by atoms with Gasteiger partial charge in [-0.25, -0.2) is 9.78 Å². The fourth-order valence-corrected chi connectivity index (χ4v) is 5.38. The van der Waals surface area contributed by atoms with Crippen LogP contribution in [0.4, 0.5) is 5.13 Å². The normalized spacial score (nSPS) is 16.6. The number of benzene rings is 2. The quantitative estimate of drug-likeness (QED) is 0.121. The Morgan fingerprint density at radius 2 is 1.92 bits per heavy atom. The van der Waals surface area contributed by atoms with Crippen molar-refractivity contribution >= 4 is 63.1 Å². The van der Waals surface area contributed by atoms with Crippen LogP contribution in [0.3, 0.4) is 0 Å². The molecule has 1 fully saturated rings. The molecule has 0 bridgehead atoms. The number of rotatable bonds is 7. The van der Waals surface area contributed by atoms with Crippen LogP contribution in [0.15, 0.2) is 54.6 Å². The van der Waals surface area contributed by atoms with E-state index in [1.54, 1.807) is 38.1 Å². The SMILES string of the molecule is C=CCOC(=O)c1sc(N2C(=O)C(=O)/C(=C(/O)c3ccc(OC)c(C)c3)[C@H]2c2ccc(Cl)c(Cl)c2)nc1C. The van der Waals surface area contributed by atoms with Crippen molar-refractivity contribution in [2.45, 2.75) is 19.9 Å². The number of carbonyl (C=O) groups excluding carboxylic acids is 3. The third-order valence-electron chi connectivity index (χ3n) is 5.88. The Bertz CT molecular complexity index is 1510. The smallest absolute Gasteiger partial charge is 0.350 e. The Morgan fingerprint density at radius 3 is 2.55 bits per heavy atom. The highest BCUT2D eigenvalue weighted by Crippen LogP contribution is 2.45. The van der Waals surface area contributed by atoms with Crippen molar-refractivity contribution in [3.05, 3.63) is 91.9 Å². The number of halogens is 2. The maximum Gasteiger partial charge on any atom is 0.350 e. The van der Waals surface area contributed by atoms with Gasteiger partial charge in [-0.2, -0.15) is 0 Å². The number of hydrogen-bond donors (Lipinski definition) is 1. The van der Waals surface area contributed by atoms with Crippen LogP contribution in [-0.2, 0) is 14.3 Å². The molecule has 1 aromatic heterocycles. The lowest BCUT2D eigenvalue weighted by molar-refractivity contribution is -0.132. The number of carbonyl (C=O) groups is 3. The van der Waals surface area contributed by atoms with E-state index in [4.69, 9.17) is 32.7 Å².